The van der Waals surface area contributed by atoms with Gasteiger partial charge in [-0.1, -0.05) is 38.0 Å². The monoisotopic (exact) mass is 382 g/mol. The minimum atomic E-state index is -0.0913. The first-order chi connectivity index (χ1) is 13.6. The molecule has 5 heteroatoms. The molecule has 1 aliphatic heterocycles. The molecule has 0 spiro atoms. The van der Waals surface area contributed by atoms with Crippen molar-refractivity contribution < 1.29 is 14.6 Å². The van der Waals surface area contributed by atoms with Crippen LogP contribution in [0.4, 0.5) is 0 Å². The number of ether oxygens (including phenoxy) is 1. The number of fused-ring (bicyclic) bond motifs is 1. The van der Waals surface area contributed by atoms with E-state index in [0.29, 0.717) is 30.5 Å². The van der Waals surface area contributed by atoms with E-state index < -0.39 is 0 Å². The molecule has 0 aromatic heterocycles. The highest BCUT2D eigenvalue weighted by Crippen LogP contribution is 2.33. The van der Waals surface area contributed by atoms with Gasteiger partial charge in [-0.05, 0) is 53.8 Å². The highest BCUT2D eigenvalue weighted by Gasteiger charge is 2.27. The van der Waals surface area contributed by atoms with Gasteiger partial charge in [0.15, 0.2) is 0 Å². The summed E-state index contributed by atoms with van der Waals surface area (Å²) in [6, 6.07) is 13.9. The molecule has 0 radical (unpaired) electrons. The minimum Gasteiger partial charge on any atom is -0.508 e. The number of unbranched alkanes of at least 4 members (excludes halogenated alkanes) is 1. The average molecular weight is 383 g/mol. The zero-order valence-corrected chi connectivity index (χ0v) is 16.7. The molecule has 1 heterocycles. The molecule has 0 bridgehead atoms. The SMILES string of the molecule is CCCC[C@H]1Cc2cc(O)ccc2[C@H](c2ccc(C(=O)NCCOC)cc2)N1. The number of benzene rings is 2. The lowest BCUT2D eigenvalue weighted by atomic mass is 9.85. The van der Waals surface area contributed by atoms with Crippen molar-refractivity contribution in [1.82, 2.24) is 10.6 Å². The Morgan fingerprint density at radius 3 is 2.75 bits per heavy atom. The van der Waals surface area contributed by atoms with Crippen molar-refractivity contribution in [1.29, 1.82) is 0 Å². The fourth-order valence-electron chi connectivity index (χ4n) is 3.81. The first kappa shape index (κ1) is 20.4. The molecule has 1 aliphatic rings. The Morgan fingerprint density at radius 1 is 1.25 bits per heavy atom. The molecule has 2 aromatic rings. The van der Waals surface area contributed by atoms with Crippen molar-refractivity contribution in [2.45, 2.75) is 44.7 Å². The van der Waals surface area contributed by atoms with Gasteiger partial charge in [0.2, 0.25) is 0 Å². The third-order valence-corrected chi connectivity index (χ3v) is 5.31. The molecule has 0 saturated carbocycles. The van der Waals surface area contributed by atoms with Crippen molar-refractivity contribution in [2.75, 3.05) is 20.3 Å². The summed E-state index contributed by atoms with van der Waals surface area (Å²) < 4.78 is 4.97. The number of phenols is 1. The van der Waals surface area contributed by atoms with Crippen LogP contribution < -0.4 is 10.6 Å². The number of hydrogen-bond donors (Lipinski definition) is 3. The van der Waals surface area contributed by atoms with Gasteiger partial charge in [0.1, 0.15) is 5.75 Å². The zero-order valence-electron chi connectivity index (χ0n) is 16.7. The maximum absolute atomic E-state index is 12.2. The van der Waals surface area contributed by atoms with E-state index in [1.807, 2.05) is 36.4 Å². The first-order valence-electron chi connectivity index (χ1n) is 10.1. The topological polar surface area (TPSA) is 70.6 Å². The van der Waals surface area contributed by atoms with Crippen LogP contribution in [0.5, 0.6) is 5.75 Å². The van der Waals surface area contributed by atoms with Gasteiger partial charge >= 0.3 is 0 Å². The lowest BCUT2D eigenvalue weighted by Crippen LogP contribution is -2.40. The number of amides is 1. The number of hydrogen-bond acceptors (Lipinski definition) is 4. The van der Waals surface area contributed by atoms with E-state index in [4.69, 9.17) is 4.74 Å². The maximum atomic E-state index is 12.2. The second-order valence-corrected chi connectivity index (χ2v) is 7.40. The van der Waals surface area contributed by atoms with Crippen LogP contribution in [-0.4, -0.2) is 37.3 Å². The summed E-state index contributed by atoms with van der Waals surface area (Å²) in [5.74, 6) is 0.225. The number of methoxy groups -OCH3 is 1. The molecule has 3 N–H and O–H groups in total. The molecular weight excluding hydrogens is 352 g/mol. The second kappa shape index (κ2) is 9.71. The van der Waals surface area contributed by atoms with Gasteiger partial charge < -0.3 is 20.5 Å². The highest BCUT2D eigenvalue weighted by atomic mass is 16.5. The molecule has 2 aromatic carbocycles. The molecule has 5 nitrogen and oxygen atoms in total. The van der Waals surface area contributed by atoms with Gasteiger partial charge in [0.25, 0.3) is 5.91 Å². The third kappa shape index (κ3) is 4.91. The summed E-state index contributed by atoms with van der Waals surface area (Å²) in [7, 11) is 1.61. The van der Waals surface area contributed by atoms with Crippen LogP contribution >= 0.6 is 0 Å². The zero-order chi connectivity index (χ0) is 19.9. The lowest BCUT2D eigenvalue weighted by molar-refractivity contribution is 0.0937. The normalized spacial score (nSPS) is 18.5. The first-order valence-corrected chi connectivity index (χ1v) is 10.1. The number of phenolic OH excluding ortho intramolecular Hbond substituents is 1. The Kier molecular flexibility index (Phi) is 7.06. The summed E-state index contributed by atoms with van der Waals surface area (Å²) in [6.07, 6.45) is 4.39. The van der Waals surface area contributed by atoms with Gasteiger partial charge in [-0.15, -0.1) is 0 Å². The van der Waals surface area contributed by atoms with Crippen LogP contribution in [0.15, 0.2) is 42.5 Å². The van der Waals surface area contributed by atoms with Gasteiger partial charge in [0.05, 0.1) is 12.6 Å². The Balaban J connectivity index is 1.80. The van der Waals surface area contributed by atoms with Crippen LogP contribution in [0.3, 0.4) is 0 Å². The van der Waals surface area contributed by atoms with Crippen molar-refractivity contribution in [2.24, 2.45) is 0 Å². The van der Waals surface area contributed by atoms with Gasteiger partial charge in [0, 0.05) is 25.3 Å². The quantitative estimate of drug-likeness (QED) is 0.611. The van der Waals surface area contributed by atoms with E-state index in [-0.39, 0.29) is 11.9 Å². The third-order valence-electron chi connectivity index (χ3n) is 5.31. The number of aromatic hydroxyl groups is 1. The number of carbonyl (C=O) groups excluding carboxylic acids is 1. The van der Waals surface area contributed by atoms with E-state index in [9.17, 15) is 9.90 Å². The summed E-state index contributed by atoms with van der Waals surface area (Å²) in [5.41, 5.74) is 4.17. The lowest BCUT2D eigenvalue weighted by Gasteiger charge is -2.34. The fourth-order valence-corrected chi connectivity index (χ4v) is 3.81. The minimum absolute atomic E-state index is 0.0665. The van der Waals surface area contributed by atoms with Crippen LogP contribution in [0.1, 0.15) is 59.3 Å². The van der Waals surface area contributed by atoms with Crippen molar-refractivity contribution in [3.8, 4) is 5.75 Å². The molecule has 0 saturated heterocycles. The van der Waals surface area contributed by atoms with Crippen molar-refractivity contribution >= 4 is 5.91 Å². The summed E-state index contributed by atoms with van der Waals surface area (Å²) >= 11 is 0. The molecule has 0 fully saturated rings. The molecule has 1 amide bonds. The van der Waals surface area contributed by atoms with Crippen LogP contribution in [0, 0.1) is 0 Å². The van der Waals surface area contributed by atoms with Crippen LogP contribution in [0.2, 0.25) is 0 Å². The number of carbonyl (C=O) groups is 1. The predicted molar refractivity (Wildman–Crippen MR) is 111 cm³/mol. The smallest absolute Gasteiger partial charge is 0.251 e. The summed E-state index contributed by atoms with van der Waals surface area (Å²) in [5, 5.41) is 16.5. The van der Waals surface area contributed by atoms with Gasteiger partial charge in [-0.2, -0.15) is 0 Å². The summed E-state index contributed by atoms with van der Waals surface area (Å²) in [4.78, 5) is 12.2. The van der Waals surface area contributed by atoms with E-state index >= 15 is 0 Å². The molecule has 3 rings (SSSR count). The number of nitrogens with one attached hydrogen (secondary N) is 2. The molecule has 0 aliphatic carbocycles. The predicted octanol–water partition coefficient (Wildman–Crippen LogP) is 3.56. The van der Waals surface area contributed by atoms with E-state index in [1.54, 1.807) is 13.2 Å². The molecular formula is C23H30N2O3. The largest absolute Gasteiger partial charge is 0.508 e. The molecule has 0 unspecified atom stereocenters. The molecule has 2 atom stereocenters. The van der Waals surface area contributed by atoms with Gasteiger partial charge in [-0.25, -0.2) is 0 Å². The fraction of sp³-hybridized carbons (Fsp3) is 0.435. The molecule has 150 valence electrons. The highest BCUT2D eigenvalue weighted by molar-refractivity contribution is 5.94. The molecule has 28 heavy (non-hydrogen) atoms. The Hall–Kier alpha value is -2.37. The Bertz CT molecular complexity index is 789. The average Bonchev–Trinajstić information content (AvgIpc) is 2.71. The van der Waals surface area contributed by atoms with Crippen molar-refractivity contribution in [3.05, 3.63) is 64.7 Å². The Morgan fingerprint density at radius 2 is 2.04 bits per heavy atom. The second-order valence-electron chi connectivity index (χ2n) is 7.40. The van der Waals surface area contributed by atoms with Crippen LogP contribution in [-0.2, 0) is 11.2 Å². The van der Waals surface area contributed by atoms with E-state index in [0.717, 1.165) is 18.4 Å². The standard InChI is InChI=1S/C23H30N2O3/c1-3-4-5-19-14-18-15-20(26)10-11-21(18)22(25-19)16-6-8-17(9-7-16)23(27)24-12-13-28-2/h6-11,15,19,22,25-26H,3-5,12-14H2,1-2H3,(H,24,27)/t19-,22-/m0/s1. The maximum Gasteiger partial charge on any atom is 0.251 e. The van der Waals surface area contributed by atoms with Crippen LogP contribution in [0.25, 0.3) is 0 Å². The van der Waals surface area contributed by atoms with E-state index in [2.05, 4.69) is 17.6 Å². The van der Waals surface area contributed by atoms with Crippen molar-refractivity contribution in [3.63, 3.8) is 0 Å². The van der Waals surface area contributed by atoms with E-state index in [1.165, 1.54) is 24.0 Å². The number of rotatable bonds is 8. The summed E-state index contributed by atoms with van der Waals surface area (Å²) in [6.45, 7) is 3.20. The Labute approximate surface area is 167 Å². The van der Waals surface area contributed by atoms with Gasteiger partial charge in [-0.3, -0.25) is 4.79 Å².